The third-order valence-corrected chi connectivity index (χ3v) is 3.84. The number of alkyl halides is 3. The fourth-order valence-electron chi connectivity index (χ4n) is 1.65. The summed E-state index contributed by atoms with van der Waals surface area (Å²) in [6, 6.07) is 0. The van der Waals surface area contributed by atoms with Crippen molar-refractivity contribution in [2.45, 2.75) is 51.6 Å². The van der Waals surface area contributed by atoms with E-state index in [0.717, 1.165) is 25.7 Å². The van der Waals surface area contributed by atoms with Gasteiger partial charge in [-0.25, -0.2) is 13.2 Å². The minimum Gasteiger partial charge on any atom is -0.868 e. The first-order valence-electron chi connectivity index (χ1n) is 6.87. The Kier molecular flexibility index (Phi) is 8.50. The van der Waals surface area contributed by atoms with Crippen LogP contribution in [0.15, 0.2) is 10.7 Å². The molecule has 22 heavy (non-hydrogen) atoms. The fraction of sp³-hybridized carbons (Fsp3) is 0.769. The average molecular weight is 345 g/mol. The minimum absolute atomic E-state index is 0.227. The van der Waals surface area contributed by atoms with Crippen LogP contribution in [0.5, 0.6) is 0 Å². The average Bonchev–Trinajstić information content (AvgIpc) is 2.35. The maximum atomic E-state index is 12.3. The molecule has 0 aliphatic heterocycles. The third-order valence-electron chi connectivity index (χ3n) is 2.75. The molecule has 0 atom stereocenters. The van der Waals surface area contributed by atoms with E-state index in [1.807, 2.05) is 6.92 Å². The molecule has 0 saturated heterocycles. The lowest BCUT2D eigenvalue weighted by molar-refractivity contribution is -0.360. The Balaban J connectivity index is 4.65. The van der Waals surface area contributed by atoms with Crippen LogP contribution in [0, 0.1) is 0 Å². The molecule has 0 fully saturated rings. The van der Waals surface area contributed by atoms with Gasteiger partial charge in [0, 0.05) is 12.0 Å². The molecule has 0 N–H and O–H groups in total. The number of sulfone groups is 1. The van der Waals surface area contributed by atoms with Crippen LogP contribution in [0.3, 0.4) is 0 Å². The molecule has 9 heteroatoms. The summed E-state index contributed by atoms with van der Waals surface area (Å²) in [5.41, 5.74) is 0. The molecule has 0 bridgehead atoms. The van der Waals surface area contributed by atoms with Gasteiger partial charge in [0.2, 0.25) is 0 Å². The molecule has 0 aromatic heterocycles. The second-order valence-electron chi connectivity index (χ2n) is 4.83. The lowest BCUT2D eigenvalue weighted by atomic mass is 10.1. The second kappa shape index (κ2) is 9.02. The Bertz CT molecular complexity index is 494. The number of ether oxygens (including phenoxy) is 1. The van der Waals surface area contributed by atoms with Gasteiger partial charge in [0.05, 0.1) is 6.61 Å². The number of esters is 1. The van der Waals surface area contributed by atoms with E-state index in [4.69, 9.17) is 0 Å². The minimum atomic E-state index is -5.45. The zero-order valence-electron chi connectivity index (χ0n) is 12.5. The van der Waals surface area contributed by atoms with Gasteiger partial charge in [0.25, 0.3) is 0 Å². The molecule has 0 unspecified atom stereocenters. The second-order valence-corrected chi connectivity index (χ2v) is 6.78. The Morgan fingerprint density at radius 1 is 1.09 bits per heavy atom. The molecule has 0 rings (SSSR count). The normalized spacial score (nSPS) is 13.7. The highest BCUT2D eigenvalue weighted by molar-refractivity contribution is 7.95. The number of hydrogen-bond acceptors (Lipinski definition) is 5. The molecule has 130 valence electrons. The Hall–Kier alpha value is -1.25. The first-order chi connectivity index (χ1) is 10.0. The van der Waals surface area contributed by atoms with Gasteiger partial charge in [-0.2, -0.15) is 13.2 Å². The molecular formula is C13H20F3O5S-. The fourth-order valence-corrected chi connectivity index (χ4v) is 2.47. The molecule has 0 spiro atoms. The summed E-state index contributed by atoms with van der Waals surface area (Å²) in [4.78, 5) is 9.58. The zero-order chi connectivity index (χ0) is 17.4. The number of allylic oxidation sites excluding steroid dienone is 1. The number of carbonyl (C=O) groups is 1. The van der Waals surface area contributed by atoms with Crippen LogP contribution in [0.25, 0.3) is 0 Å². The van der Waals surface area contributed by atoms with Crippen LogP contribution < -0.4 is 5.11 Å². The van der Waals surface area contributed by atoms with Crippen LogP contribution >= 0.6 is 0 Å². The van der Waals surface area contributed by atoms with Crippen molar-refractivity contribution in [2.24, 2.45) is 0 Å². The zero-order valence-corrected chi connectivity index (χ0v) is 13.3. The number of hydrogen-bond donors (Lipinski definition) is 0. The SMILES string of the molecule is CCCCCCCCOC(=O)/C(=C(\[O-])C(F)(F)F)S(C)(=O)=O. The van der Waals surface area contributed by atoms with Crippen molar-refractivity contribution < 1.29 is 36.2 Å². The number of unbranched alkanes of at least 4 members (excludes halogenated alkanes) is 5. The predicted molar refractivity (Wildman–Crippen MR) is 72.3 cm³/mol. The van der Waals surface area contributed by atoms with Crippen molar-refractivity contribution >= 4 is 15.8 Å². The first-order valence-corrected chi connectivity index (χ1v) is 8.76. The van der Waals surface area contributed by atoms with Crippen LogP contribution in [0.4, 0.5) is 13.2 Å². The molecule has 0 aliphatic carbocycles. The predicted octanol–water partition coefficient (Wildman–Crippen LogP) is 2.07. The highest BCUT2D eigenvalue weighted by Gasteiger charge is 2.35. The molecule has 0 aromatic rings. The first kappa shape index (κ1) is 20.8. The number of halogens is 3. The van der Waals surface area contributed by atoms with Crippen LogP contribution in [0.2, 0.25) is 0 Å². The van der Waals surface area contributed by atoms with Gasteiger partial charge in [-0.05, 0) is 6.42 Å². The van der Waals surface area contributed by atoms with Gasteiger partial charge in [0.15, 0.2) is 9.84 Å². The summed E-state index contributed by atoms with van der Waals surface area (Å²) in [6.07, 6.45) is 0.0112. The quantitative estimate of drug-likeness (QED) is 0.276. The van der Waals surface area contributed by atoms with Crippen molar-refractivity contribution in [1.82, 2.24) is 0 Å². The van der Waals surface area contributed by atoms with Crippen molar-refractivity contribution in [3.8, 4) is 0 Å². The Morgan fingerprint density at radius 2 is 1.59 bits per heavy atom. The summed E-state index contributed by atoms with van der Waals surface area (Å²) in [5, 5.41) is 11.0. The van der Waals surface area contributed by atoms with Gasteiger partial charge >= 0.3 is 12.1 Å². The van der Waals surface area contributed by atoms with Crippen LogP contribution in [0.1, 0.15) is 45.4 Å². The monoisotopic (exact) mass is 345 g/mol. The standard InChI is InChI=1S/C13H21F3O5S/c1-3-4-5-6-7-8-9-21-12(18)10(22(2,19)20)11(17)13(14,15)16/h17H,3-9H2,1-2H3/p-1/b11-10+. The van der Waals surface area contributed by atoms with Gasteiger partial charge in [-0.15, -0.1) is 0 Å². The molecule has 0 heterocycles. The Labute approximate surface area is 128 Å². The summed E-state index contributed by atoms with van der Waals surface area (Å²) < 4.78 is 63.8. The smallest absolute Gasteiger partial charge is 0.404 e. The molecule has 0 saturated carbocycles. The third kappa shape index (κ3) is 7.67. The van der Waals surface area contributed by atoms with Crippen molar-refractivity contribution in [3.63, 3.8) is 0 Å². The van der Waals surface area contributed by atoms with E-state index < -0.39 is 32.6 Å². The number of carbonyl (C=O) groups excluding carboxylic acids is 1. The van der Waals surface area contributed by atoms with E-state index in [1.165, 1.54) is 0 Å². The van der Waals surface area contributed by atoms with Gasteiger partial charge in [-0.1, -0.05) is 39.0 Å². The molecule has 0 aliphatic rings. The van der Waals surface area contributed by atoms with E-state index in [1.54, 1.807) is 0 Å². The van der Waals surface area contributed by atoms with Crippen molar-refractivity contribution in [3.05, 3.63) is 10.7 Å². The Morgan fingerprint density at radius 3 is 2.05 bits per heavy atom. The van der Waals surface area contributed by atoms with E-state index >= 15 is 0 Å². The van der Waals surface area contributed by atoms with Crippen molar-refractivity contribution in [2.75, 3.05) is 12.9 Å². The lowest BCUT2D eigenvalue weighted by Gasteiger charge is -2.19. The molecule has 0 radical (unpaired) electrons. The van der Waals surface area contributed by atoms with E-state index in [2.05, 4.69) is 4.74 Å². The van der Waals surface area contributed by atoms with Crippen molar-refractivity contribution in [1.29, 1.82) is 0 Å². The number of rotatable bonds is 9. The van der Waals surface area contributed by atoms with E-state index in [9.17, 15) is 31.5 Å². The summed E-state index contributed by atoms with van der Waals surface area (Å²) in [5.74, 6) is -4.46. The summed E-state index contributed by atoms with van der Waals surface area (Å²) in [7, 11) is -4.63. The summed E-state index contributed by atoms with van der Waals surface area (Å²) >= 11 is 0. The maximum absolute atomic E-state index is 12.3. The van der Waals surface area contributed by atoms with Gasteiger partial charge < -0.3 is 9.84 Å². The van der Waals surface area contributed by atoms with Crippen LogP contribution in [-0.2, 0) is 19.4 Å². The largest absolute Gasteiger partial charge is 0.868 e. The highest BCUT2D eigenvalue weighted by atomic mass is 32.2. The van der Waals surface area contributed by atoms with E-state index in [0.29, 0.717) is 19.1 Å². The maximum Gasteiger partial charge on any atom is 0.404 e. The van der Waals surface area contributed by atoms with Gasteiger partial charge in [-0.3, -0.25) is 0 Å². The molecular weight excluding hydrogens is 325 g/mol. The molecule has 5 nitrogen and oxygen atoms in total. The van der Waals surface area contributed by atoms with E-state index in [-0.39, 0.29) is 6.61 Å². The topological polar surface area (TPSA) is 83.5 Å². The van der Waals surface area contributed by atoms with Gasteiger partial charge in [0.1, 0.15) is 4.91 Å². The molecule has 0 aromatic carbocycles. The van der Waals surface area contributed by atoms with Crippen LogP contribution in [-0.4, -0.2) is 33.4 Å². The molecule has 0 amide bonds. The highest BCUT2D eigenvalue weighted by Crippen LogP contribution is 2.26. The lowest BCUT2D eigenvalue weighted by Crippen LogP contribution is -2.31. The summed E-state index contributed by atoms with van der Waals surface area (Å²) in [6.45, 7) is 1.82.